The molecular weight excluding hydrogens is 650 g/mol. The molecule has 0 bridgehead atoms. The molecule has 2 aromatic heterocycles. The molecule has 0 spiro atoms. The van der Waals surface area contributed by atoms with Crippen molar-refractivity contribution in [1.82, 2.24) is 5.32 Å². The number of nitrogens with two attached hydrogens (primary N) is 1. The maximum Gasteiger partial charge on any atom is 0.490 e. The number of pyridine rings is 1. The number of benzene rings is 1. The van der Waals surface area contributed by atoms with E-state index in [2.05, 4.69) is 5.32 Å². The van der Waals surface area contributed by atoms with Crippen LogP contribution < -0.4 is 20.7 Å². The van der Waals surface area contributed by atoms with Crippen LogP contribution in [0.5, 0.6) is 0 Å². The number of carboxylic acids is 2. The number of aryl methyl sites for hydroxylation is 1. The molecule has 0 aliphatic rings. The van der Waals surface area contributed by atoms with Crippen molar-refractivity contribution < 1.29 is 65.0 Å². The number of nitrogen functional groups attached to an aromatic ring is 1. The molecule has 0 aliphatic heterocycles. The molecule has 3 aromatic rings. The molecule has 1 aromatic carbocycles. The van der Waals surface area contributed by atoms with Gasteiger partial charge in [0.1, 0.15) is 18.9 Å². The number of alkyl halides is 6. The highest BCUT2D eigenvalue weighted by Crippen LogP contribution is 2.25. The second-order valence-corrected chi connectivity index (χ2v) is 10.2. The average Bonchev–Trinajstić information content (AvgIpc) is 3.46. The number of rotatable bonds is 8. The molecule has 2 heterocycles. The number of carbonyl (C=O) groups is 4. The summed E-state index contributed by atoms with van der Waals surface area (Å²) in [7, 11) is 3.28. The number of amides is 1. The third-order valence-corrected chi connectivity index (χ3v) is 6.66. The van der Waals surface area contributed by atoms with Crippen molar-refractivity contribution in [3.05, 3.63) is 76.2 Å². The second-order valence-electron chi connectivity index (χ2n) is 9.26. The van der Waals surface area contributed by atoms with E-state index < -0.39 is 42.2 Å². The van der Waals surface area contributed by atoms with Gasteiger partial charge >= 0.3 is 24.3 Å². The summed E-state index contributed by atoms with van der Waals surface area (Å²) in [6, 6.07) is 12.5. The SMILES string of the molecule is COC(=O)[C@H](Cc1cccc(C(=N)N)c1)[C@@H](C)NC(=O)c1cc(-c2ccc[n+](C)c2)cs1.O=C(O)C(F)(F)F.O=C([O-])C(F)(F)F. The Morgan fingerprint density at radius 3 is 2.13 bits per heavy atom. The lowest BCUT2D eigenvalue weighted by molar-refractivity contribution is -0.671. The number of thiophene rings is 1. The Bertz CT molecular complexity index is 1520. The lowest BCUT2D eigenvalue weighted by Gasteiger charge is -2.23. The van der Waals surface area contributed by atoms with Gasteiger partial charge in [-0.1, -0.05) is 18.2 Å². The van der Waals surface area contributed by atoms with Crippen LogP contribution >= 0.6 is 11.3 Å². The smallest absolute Gasteiger partial charge is 0.490 e. The van der Waals surface area contributed by atoms with E-state index in [1.807, 2.05) is 53.7 Å². The number of halogens is 6. The van der Waals surface area contributed by atoms with Crippen LogP contribution in [-0.2, 0) is 32.6 Å². The highest BCUT2D eigenvalue weighted by molar-refractivity contribution is 7.12. The molecule has 18 heteroatoms. The summed E-state index contributed by atoms with van der Waals surface area (Å²) in [6.45, 7) is 1.79. The lowest BCUT2D eigenvalue weighted by atomic mass is 9.92. The van der Waals surface area contributed by atoms with Gasteiger partial charge in [0.05, 0.1) is 17.9 Å². The van der Waals surface area contributed by atoms with Crippen molar-refractivity contribution in [3.8, 4) is 11.1 Å². The molecule has 0 radical (unpaired) electrons. The molecule has 0 fully saturated rings. The fraction of sp³-hybridized carbons (Fsp3) is 0.286. The summed E-state index contributed by atoms with van der Waals surface area (Å²) in [6.07, 6.45) is -5.98. The van der Waals surface area contributed by atoms with E-state index in [1.165, 1.54) is 18.4 Å². The van der Waals surface area contributed by atoms with Gasteiger partial charge in [-0.25, -0.2) is 9.36 Å². The second kappa shape index (κ2) is 16.9. The van der Waals surface area contributed by atoms with E-state index in [0.29, 0.717) is 16.9 Å². The molecular formula is C28H28F6N4O7S. The number of aliphatic carboxylic acids is 2. The van der Waals surface area contributed by atoms with Crippen LogP contribution in [0.4, 0.5) is 26.3 Å². The number of hydrogen-bond acceptors (Lipinski definition) is 8. The van der Waals surface area contributed by atoms with Gasteiger partial charge in [0.15, 0.2) is 12.4 Å². The summed E-state index contributed by atoms with van der Waals surface area (Å²) in [4.78, 5) is 43.6. The van der Waals surface area contributed by atoms with Crippen LogP contribution in [0.15, 0.2) is 60.2 Å². The van der Waals surface area contributed by atoms with Gasteiger partial charge in [0.25, 0.3) is 5.91 Å². The summed E-state index contributed by atoms with van der Waals surface area (Å²) in [5, 5.41) is 28.4. The Morgan fingerprint density at radius 2 is 1.65 bits per heavy atom. The number of nitrogens with one attached hydrogen (secondary N) is 2. The van der Waals surface area contributed by atoms with Crippen LogP contribution in [0, 0.1) is 11.3 Å². The molecule has 11 nitrogen and oxygen atoms in total. The minimum Gasteiger partial charge on any atom is -0.542 e. The van der Waals surface area contributed by atoms with E-state index in [1.54, 1.807) is 25.1 Å². The van der Waals surface area contributed by atoms with E-state index in [-0.39, 0.29) is 11.7 Å². The number of carboxylic acid groups (broad SMARTS) is 2. The Labute approximate surface area is 261 Å². The first kappa shape index (κ1) is 39.0. The highest BCUT2D eigenvalue weighted by atomic mass is 32.1. The van der Waals surface area contributed by atoms with Crippen LogP contribution in [0.3, 0.4) is 0 Å². The Morgan fingerprint density at radius 1 is 1.07 bits per heavy atom. The predicted molar refractivity (Wildman–Crippen MR) is 149 cm³/mol. The van der Waals surface area contributed by atoms with Crippen LogP contribution in [0.1, 0.15) is 27.7 Å². The first-order valence-electron chi connectivity index (χ1n) is 12.6. The van der Waals surface area contributed by atoms with E-state index >= 15 is 0 Å². The Hall–Kier alpha value is -5.00. The van der Waals surface area contributed by atoms with Crippen molar-refractivity contribution in [2.24, 2.45) is 18.7 Å². The minimum atomic E-state index is -5.19. The topological polar surface area (TPSA) is 187 Å². The van der Waals surface area contributed by atoms with Gasteiger partial charge in [-0.15, -0.1) is 11.3 Å². The zero-order valence-corrected chi connectivity index (χ0v) is 25.0. The fourth-order valence-electron chi connectivity index (χ4n) is 3.48. The van der Waals surface area contributed by atoms with Gasteiger partial charge in [0.2, 0.25) is 0 Å². The molecule has 1 amide bonds. The number of nitrogens with zero attached hydrogens (tertiary/aromatic N) is 1. The van der Waals surface area contributed by atoms with Gasteiger partial charge < -0.3 is 30.8 Å². The molecule has 2 atom stereocenters. The predicted octanol–water partition coefficient (Wildman–Crippen LogP) is 2.61. The lowest BCUT2D eigenvalue weighted by Crippen LogP contribution is -2.42. The number of esters is 1. The molecule has 250 valence electrons. The molecule has 0 unspecified atom stereocenters. The maximum absolute atomic E-state index is 12.9. The molecule has 5 N–H and O–H groups in total. The minimum absolute atomic E-state index is 0.0386. The summed E-state index contributed by atoms with van der Waals surface area (Å²) >= 11 is 1.36. The summed E-state index contributed by atoms with van der Waals surface area (Å²) < 4.78 is 70.2. The normalized spacial score (nSPS) is 12.2. The maximum atomic E-state index is 12.9. The van der Waals surface area contributed by atoms with Gasteiger partial charge in [-0.2, -0.15) is 26.3 Å². The standard InChI is InChI=1S/C24H26N4O3S.2C2HF3O2/c1-15(20(24(30)31-3)11-16-6-4-7-17(10-16)22(25)26)27-23(29)21-12-19(14-32-21)18-8-5-9-28(2)13-18;2*3-2(4,5)1(6)7/h4-10,12-15,20H,11H2,1-3H3,(H3-,25,26,27,29);2*(H,6,7)/t15-,20-;;/m1../s1. The average molecular weight is 679 g/mol. The van der Waals surface area contributed by atoms with Crippen molar-refractivity contribution >= 4 is 41.0 Å². The van der Waals surface area contributed by atoms with Crippen molar-refractivity contribution in [2.45, 2.75) is 31.7 Å². The molecule has 0 aliphatic carbocycles. The quantitative estimate of drug-likeness (QED) is 0.0921. The number of aromatic nitrogens is 1. The summed E-state index contributed by atoms with van der Waals surface area (Å²) in [5.41, 5.74) is 8.99. The van der Waals surface area contributed by atoms with Crippen molar-refractivity contribution in [2.75, 3.05) is 7.11 Å². The van der Waals surface area contributed by atoms with Crippen LogP contribution in [-0.4, -0.2) is 60.3 Å². The molecule has 0 saturated heterocycles. The Balaban J connectivity index is 0.000000629. The summed E-state index contributed by atoms with van der Waals surface area (Å²) in [5.74, 6) is -7.03. The van der Waals surface area contributed by atoms with Gasteiger partial charge in [0, 0.05) is 23.2 Å². The fourth-order valence-corrected chi connectivity index (χ4v) is 4.30. The highest BCUT2D eigenvalue weighted by Gasteiger charge is 2.38. The first-order chi connectivity index (χ1) is 21.2. The van der Waals surface area contributed by atoms with Crippen LogP contribution in [0.25, 0.3) is 11.1 Å². The molecule has 46 heavy (non-hydrogen) atoms. The number of amidine groups is 1. The first-order valence-corrected chi connectivity index (χ1v) is 13.5. The zero-order chi connectivity index (χ0) is 35.4. The number of methoxy groups -OCH3 is 1. The molecule has 0 saturated carbocycles. The Kier molecular flexibility index (Phi) is 14.3. The van der Waals surface area contributed by atoms with Crippen molar-refractivity contribution in [1.29, 1.82) is 5.41 Å². The largest absolute Gasteiger partial charge is 0.542 e. The van der Waals surface area contributed by atoms with E-state index in [0.717, 1.165) is 16.7 Å². The number of carbonyl (C=O) groups excluding carboxylic acids is 3. The zero-order valence-electron chi connectivity index (χ0n) is 24.2. The van der Waals surface area contributed by atoms with Gasteiger partial charge in [-0.3, -0.25) is 15.0 Å². The van der Waals surface area contributed by atoms with E-state index in [4.69, 9.17) is 35.7 Å². The number of ether oxygens (including phenoxy) is 1. The third-order valence-electron chi connectivity index (χ3n) is 5.73. The molecule has 3 rings (SSSR count). The number of hydrogen-bond donors (Lipinski definition) is 4. The van der Waals surface area contributed by atoms with Crippen LogP contribution in [0.2, 0.25) is 0 Å². The third kappa shape index (κ3) is 12.9. The van der Waals surface area contributed by atoms with Crippen molar-refractivity contribution in [3.63, 3.8) is 0 Å². The monoisotopic (exact) mass is 678 g/mol. The van der Waals surface area contributed by atoms with E-state index in [9.17, 15) is 35.9 Å². The van der Waals surface area contributed by atoms with Gasteiger partial charge in [-0.05, 0) is 48.1 Å².